The first-order chi connectivity index (χ1) is 10.4. The molecule has 2 fully saturated rings. The molecular weight excluding hydrogens is 262 g/mol. The van der Waals surface area contributed by atoms with E-state index in [1.54, 1.807) is 0 Å². The van der Waals surface area contributed by atoms with Gasteiger partial charge < -0.3 is 4.42 Å². The SMILES string of the molecule is c1ccc(Cc2nnc(C3CCN(C4CCC4)C3)o2)cc1. The number of hydrogen-bond donors (Lipinski definition) is 0. The fourth-order valence-corrected chi connectivity index (χ4v) is 3.35. The van der Waals surface area contributed by atoms with E-state index in [-0.39, 0.29) is 0 Å². The molecule has 0 N–H and O–H groups in total. The van der Waals surface area contributed by atoms with Gasteiger partial charge in [0.1, 0.15) is 0 Å². The van der Waals surface area contributed by atoms with Gasteiger partial charge in [-0.2, -0.15) is 0 Å². The molecule has 4 nitrogen and oxygen atoms in total. The van der Waals surface area contributed by atoms with Crippen LogP contribution >= 0.6 is 0 Å². The molecule has 2 heterocycles. The largest absolute Gasteiger partial charge is 0.425 e. The van der Waals surface area contributed by atoms with E-state index in [0.29, 0.717) is 5.92 Å². The quantitative estimate of drug-likeness (QED) is 0.865. The monoisotopic (exact) mass is 283 g/mol. The number of hydrogen-bond acceptors (Lipinski definition) is 4. The maximum Gasteiger partial charge on any atom is 0.220 e. The van der Waals surface area contributed by atoms with Gasteiger partial charge in [-0.25, -0.2) is 0 Å². The highest BCUT2D eigenvalue weighted by molar-refractivity contribution is 5.18. The highest BCUT2D eigenvalue weighted by Gasteiger charge is 2.34. The lowest BCUT2D eigenvalue weighted by Crippen LogP contribution is -2.38. The molecule has 1 saturated heterocycles. The van der Waals surface area contributed by atoms with Gasteiger partial charge in [-0.05, 0) is 31.4 Å². The molecular formula is C17H21N3O. The van der Waals surface area contributed by atoms with Crippen LogP contribution in [0.2, 0.25) is 0 Å². The minimum absolute atomic E-state index is 0.433. The molecule has 4 heteroatoms. The van der Waals surface area contributed by atoms with Crippen LogP contribution in [0.3, 0.4) is 0 Å². The van der Waals surface area contributed by atoms with E-state index >= 15 is 0 Å². The van der Waals surface area contributed by atoms with Crippen molar-refractivity contribution in [1.29, 1.82) is 0 Å². The summed E-state index contributed by atoms with van der Waals surface area (Å²) < 4.78 is 5.90. The summed E-state index contributed by atoms with van der Waals surface area (Å²) in [5, 5.41) is 8.51. The average Bonchev–Trinajstić information content (AvgIpc) is 3.07. The molecule has 1 aliphatic carbocycles. The van der Waals surface area contributed by atoms with Crippen LogP contribution < -0.4 is 0 Å². The Kier molecular flexibility index (Phi) is 3.47. The van der Waals surface area contributed by atoms with Crippen molar-refractivity contribution in [3.63, 3.8) is 0 Å². The Bertz CT molecular complexity index is 591. The standard InChI is InChI=1S/C17H21N3O/c1-2-5-13(6-3-1)11-16-18-19-17(21-16)14-9-10-20(12-14)15-7-4-8-15/h1-3,5-6,14-15H,4,7-12H2. The van der Waals surface area contributed by atoms with E-state index in [1.165, 1.54) is 31.4 Å². The Morgan fingerprint density at radius 1 is 1.10 bits per heavy atom. The summed E-state index contributed by atoms with van der Waals surface area (Å²) in [5.74, 6) is 2.00. The molecule has 2 aromatic rings. The minimum atomic E-state index is 0.433. The van der Waals surface area contributed by atoms with Crippen LogP contribution in [0.15, 0.2) is 34.7 Å². The van der Waals surface area contributed by atoms with E-state index < -0.39 is 0 Å². The summed E-state index contributed by atoms with van der Waals surface area (Å²) in [5.41, 5.74) is 1.22. The highest BCUT2D eigenvalue weighted by atomic mass is 16.4. The Balaban J connectivity index is 1.40. The van der Waals surface area contributed by atoms with Crippen LogP contribution in [0.4, 0.5) is 0 Å². The van der Waals surface area contributed by atoms with Gasteiger partial charge in [-0.3, -0.25) is 4.90 Å². The van der Waals surface area contributed by atoms with E-state index in [9.17, 15) is 0 Å². The summed E-state index contributed by atoms with van der Waals surface area (Å²) in [6.07, 6.45) is 6.02. The lowest BCUT2D eigenvalue weighted by molar-refractivity contribution is 0.155. The van der Waals surface area contributed by atoms with E-state index in [1.807, 2.05) is 18.2 Å². The van der Waals surface area contributed by atoms with Crippen molar-refractivity contribution in [2.24, 2.45) is 0 Å². The third kappa shape index (κ3) is 2.72. The smallest absolute Gasteiger partial charge is 0.220 e. The maximum atomic E-state index is 5.90. The van der Waals surface area contributed by atoms with Gasteiger partial charge in [0, 0.05) is 12.6 Å². The molecule has 1 aromatic carbocycles. The third-order valence-corrected chi connectivity index (χ3v) is 4.84. The molecule has 1 atom stereocenters. The summed E-state index contributed by atoms with van der Waals surface area (Å²) in [6, 6.07) is 11.1. The molecule has 0 radical (unpaired) electrons. The van der Waals surface area contributed by atoms with Gasteiger partial charge >= 0.3 is 0 Å². The van der Waals surface area contributed by atoms with E-state index in [4.69, 9.17) is 4.42 Å². The zero-order chi connectivity index (χ0) is 14.1. The number of aromatic nitrogens is 2. The maximum absolute atomic E-state index is 5.90. The average molecular weight is 283 g/mol. The Labute approximate surface area is 125 Å². The first kappa shape index (κ1) is 13.0. The molecule has 110 valence electrons. The van der Waals surface area contributed by atoms with Crippen LogP contribution in [-0.2, 0) is 6.42 Å². The number of likely N-dealkylation sites (tertiary alicyclic amines) is 1. The second-order valence-corrected chi connectivity index (χ2v) is 6.26. The first-order valence-corrected chi connectivity index (χ1v) is 7.99. The van der Waals surface area contributed by atoms with Crippen LogP contribution in [0.1, 0.15) is 48.9 Å². The molecule has 0 bridgehead atoms. The number of nitrogens with zero attached hydrogens (tertiary/aromatic N) is 3. The highest BCUT2D eigenvalue weighted by Crippen LogP contribution is 2.33. The molecule has 0 amide bonds. The molecule has 21 heavy (non-hydrogen) atoms. The second kappa shape index (κ2) is 5.60. The minimum Gasteiger partial charge on any atom is -0.425 e. The molecule has 1 aliphatic heterocycles. The third-order valence-electron chi connectivity index (χ3n) is 4.84. The first-order valence-electron chi connectivity index (χ1n) is 7.99. The topological polar surface area (TPSA) is 42.2 Å². The van der Waals surface area contributed by atoms with Gasteiger partial charge in [0.2, 0.25) is 11.8 Å². The van der Waals surface area contributed by atoms with Crippen LogP contribution in [0.25, 0.3) is 0 Å². The van der Waals surface area contributed by atoms with Gasteiger partial charge in [-0.15, -0.1) is 10.2 Å². The Morgan fingerprint density at radius 2 is 1.95 bits per heavy atom. The molecule has 2 aliphatic rings. The number of benzene rings is 1. The zero-order valence-corrected chi connectivity index (χ0v) is 12.2. The second-order valence-electron chi connectivity index (χ2n) is 6.26. The molecule has 1 saturated carbocycles. The lowest BCUT2D eigenvalue weighted by atomic mass is 9.92. The predicted octanol–water partition coefficient (Wildman–Crippen LogP) is 3.00. The van der Waals surface area contributed by atoms with E-state index in [2.05, 4.69) is 27.2 Å². The van der Waals surface area contributed by atoms with Gasteiger partial charge in [0.25, 0.3) is 0 Å². The van der Waals surface area contributed by atoms with Crippen LogP contribution in [-0.4, -0.2) is 34.2 Å². The van der Waals surface area contributed by atoms with Crippen molar-refractivity contribution < 1.29 is 4.42 Å². The summed E-state index contributed by atoms with van der Waals surface area (Å²) in [6.45, 7) is 2.28. The molecule has 1 aromatic heterocycles. The van der Waals surface area contributed by atoms with Crippen molar-refractivity contribution in [2.75, 3.05) is 13.1 Å². The zero-order valence-electron chi connectivity index (χ0n) is 12.2. The van der Waals surface area contributed by atoms with Crippen LogP contribution in [0, 0.1) is 0 Å². The van der Waals surface area contributed by atoms with Gasteiger partial charge in [0.05, 0.1) is 12.3 Å². The van der Waals surface area contributed by atoms with Crippen molar-refractivity contribution in [2.45, 2.75) is 44.1 Å². The summed E-state index contributed by atoms with van der Waals surface area (Å²) >= 11 is 0. The summed E-state index contributed by atoms with van der Waals surface area (Å²) in [7, 11) is 0. The normalized spacial score (nSPS) is 23.3. The molecule has 4 rings (SSSR count). The van der Waals surface area contributed by atoms with Gasteiger partial charge in [-0.1, -0.05) is 36.8 Å². The molecule has 1 unspecified atom stereocenters. The van der Waals surface area contributed by atoms with Crippen molar-refractivity contribution in [3.8, 4) is 0 Å². The Morgan fingerprint density at radius 3 is 2.71 bits per heavy atom. The van der Waals surface area contributed by atoms with E-state index in [0.717, 1.165) is 37.2 Å². The van der Waals surface area contributed by atoms with Crippen molar-refractivity contribution in [3.05, 3.63) is 47.7 Å². The lowest BCUT2D eigenvalue weighted by Gasteiger charge is -2.34. The molecule has 0 spiro atoms. The number of rotatable bonds is 4. The fraction of sp³-hybridized carbons (Fsp3) is 0.529. The predicted molar refractivity (Wildman–Crippen MR) is 80.1 cm³/mol. The van der Waals surface area contributed by atoms with Crippen LogP contribution in [0.5, 0.6) is 0 Å². The van der Waals surface area contributed by atoms with Gasteiger partial charge in [0.15, 0.2) is 0 Å². The summed E-state index contributed by atoms with van der Waals surface area (Å²) in [4.78, 5) is 2.61. The fourth-order valence-electron chi connectivity index (χ4n) is 3.35. The Hall–Kier alpha value is -1.68. The van der Waals surface area contributed by atoms with Crippen molar-refractivity contribution >= 4 is 0 Å². The van der Waals surface area contributed by atoms with Crippen molar-refractivity contribution in [1.82, 2.24) is 15.1 Å².